The Morgan fingerprint density at radius 3 is 3.00 bits per heavy atom. The van der Waals surface area contributed by atoms with E-state index in [1.165, 1.54) is 12.5 Å². The molecule has 0 aromatic rings. The van der Waals surface area contributed by atoms with Crippen molar-refractivity contribution < 1.29 is 9.53 Å². The highest BCUT2D eigenvalue weighted by molar-refractivity contribution is 5.87. The highest BCUT2D eigenvalue weighted by atomic mass is 16.5. The van der Waals surface area contributed by atoms with Gasteiger partial charge in [-0.15, -0.1) is 0 Å². The van der Waals surface area contributed by atoms with Crippen molar-refractivity contribution in [3.05, 3.63) is 12.7 Å². The molecular formula is C13H21NO2. The van der Waals surface area contributed by atoms with Crippen molar-refractivity contribution in [1.29, 1.82) is 0 Å². The number of fused-ring (bicyclic) bond motifs is 1. The molecule has 90 valence electrons. The maximum Gasteiger partial charge on any atom is 0.246 e. The second kappa shape index (κ2) is 4.21. The first-order valence-electron chi connectivity index (χ1n) is 6.13. The second-order valence-electron chi connectivity index (χ2n) is 5.29. The lowest BCUT2D eigenvalue weighted by Gasteiger charge is -2.28. The summed E-state index contributed by atoms with van der Waals surface area (Å²) >= 11 is 0. The van der Waals surface area contributed by atoms with E-state index < -0.39 is 0 Å². The van der Waals surface area contributed by atoms with Crippen LogP contribution in [0.2, 0.25) is 0 Å². The molecule has 0 saturated carbocycles. The van der Waals surface area contributed by atoms with E-state index in [0.29, 0.717) is 12.5 Å². The van der Waals surface area contributed by atoms with Gasteiger partial charge in [-0.05, 0) is 17.9 Å². The highest BCUT2D eigenvalue weighted by Crippen LogP contribution is 2.46. The van der Waals surface area contributed by atoms with Crippen LogP contribution in [-0.4, -0.2) is 36.6 Å². The van der Waals surface area contributed by atoms with Crippen molar-refractivity contribution in [2.45, 2.75) is 32.7 Å². The lowest BCUT2D eigenvalue weighted by atomic mass is 9.75. The predicted molar refractivity (Wildman–Crippen MR) is 63.0 cm³/mol. The minimum Gasteiger partial charge on any atom is -0.379 e. The standard InChI is InChI=1S/C13H21NO2/c1-4-6-13(3)9-14(12(15)5-2)11-8-16-7-10(11)13/h5,10-11H,2,4,6-9H2,1,3H3. The summed E-state index contributed by atoms with van der Waals surface area (Å²) in [6.45, 7) is 10.4. The van der Waals surface area contributed by atoms with Crippen molar-refractivity contribution in [2.75, 3.05) is 19.8 Å². The second-order valence-corrected chi connectivity index (χ2v) is 5.29. The van der Waals surface area contributed by atoms with Gasteiger partial charge in [0, 0.05) is 12.5 Å². The molecule has 1 amide bonds. The van der Waals surface area contributed by atoms with Crippen LogP contribution in [0.3, 0.4) is 0 Å². The zero-order valence-electron chi connectivity index (χ0n) is 10.2. The fraction of sp³-hybridized carbons (Fsp3) is 0.769. The van der Waals surface area contributed by atoms with Gasteiger partial charge in [0.05, 0.1) is 19.3 Å². The fourth-order valence-corrected chi connectivity index (χ4v) is 3.33. The van der Waals surface area contributed by atoms with E-state index >= 15 is 0 Å². The van der Waals surface area contributed by atoms with Crippen molar-refractivity contribution in [2.24, 2.45) is 11.3 Å². The topological polar surface area (TPSA) is 29.5 Å². The summed E-state index contributed by atoms with van der Waals surface area (Å²) < 4.78 is 5.55. The molecule has 2 rings (SSSR count). The number of carbonyl (C=O) groups is 1. The van der Waals surface area contributed by atoms with Gasteiger partial charge in [0.1, 0.15) is 0 Å². The molecular weight excluding hydrogens is 202 g/mol. The van der Waals surface area contributed by atoms with E-state index in [9.17, 15) is 4.79 Å². The van der Waals surface area contributed by atoms with Gasteiger partial charge >= 0.3 is 0 Å². The molecule has 2 heterocycles. The first-order chi connectivity index (χ1) is 7.62. The molecule has 3 nitrogen and oxygen atoms in total. The zero-order valence-corrected chi connectivity index (χ0v) is 10.2. The molecule has 0 bridgehead atoms. The molecule has 0 aliphatic carbocycles. The number of likely N-dealkylation sites (tertiary alicyclic amines) is 1. The van der Waals surface area contributed by atoms with Gasteiger partial charge in [0.2, 0.25) is 5.91 Å². The van der Waals surface area contributed by atoms with Gasteiger partial charge in [-0.3, -0.25) is 4.79 Å². The summed E-state index contributed by atoms with van der Waals surface area (Å²) in [5.41, 5.74) is 0.231. The van der Waals surface area contributed by atoms with Crippen LogP contribution in [0.15, 0.2) is 12.7 Å². The first kappa shape index (κ1) is 11.6. The number of hydrogen-bond acceptors (Lipinski definition) is 2. The molecule has 2 saturated heterocycles. The SMILES string of the molecule is C=CC(=O)N1CC(C)(CCC)C2COCC21. The Balaban J connectivity index is 2.20. The molecule has 3 atom stereocenters. The molecule has 0 aromatic heterocycles. The number of rotatable bonds is 3. The van der Waals surface area contributed by atoms with Crippen LogP contribution in [0.25, 0.3) is 0 Å². The first-order valence-corrected chi connectivity index (χ1v) is 6.13. The van der Waals surface area contributed by atoms with Gasteiger partial charge in [0.15, 0.2) is 0 Å². The molecule has 0 aromatic carbocycles. The van der Waals surface area contributed by atoms with Crippen LogP contribution in [0.4, 0.5) is 0 Å². The normalized spacial score (nSPS) is 37.5. The van der Waals surface area contributed by atoms with Gasteiger partial charge in [-0.1, -0.05) is 26.8 Å². The van der Waals surface area contributed by atoms with Crippen LogP contribution in [0.5, 0.6) is 0 Å². The minimum atomic E-state index is 0.0559. The molecule has 0 spiro atoms. The summed E-state index contributed by atoms with van der Waals surface area (Å²) in [6, 6.07) is 0.280. The smallest absolute Gasteiger partial charge is 0.246 e. The van der Waals surface area contributed by atoms with Crippen molar-refractivity contribution in [3.63, 3.8) is 0 Å². The highest BCUT2D eigenvalue weighted by Gasteiger charge is 2.52. The average Bonchev–Trinajstić information content (AvgIpc) is 2.82. The Morgan fingerprint density at radius 1 is 1.62 bits per heavy atom. The van der Waals surface area contributed by atoms with E-state index in [4.69, 9.17) is 4.74 Å². The Hall–Kier alpha value is -0.830. The summed E-state index contributed by atoms with van der Waals surface area (Å²) in [7, 11) is 0. The van der Waals surface area contributed by atoms with E-state index in [1.54, 1.807) is 0 Å². The summed E-state index contributed by atoms with van der Waals surface area (Å²) in [5, 5.41) is 0. The van der Waals surface area contributed by atoms with Crippen LogP contribution in [-0.2, 0) is 9.53 Å². The molecule has 2 fully saturated rings. The van der Waals surface area contributed by atoms with Gasteiger partial charge in [-0.25, -0.2) is 0 Å². The van der Waals surface area contributed by atoms with Gasteiger partial charge in [0.25, 0.3) is 0 Å². The number of ether oxygens (including phenoxy) is 1. The largest absolute Gasteiger partial charge is 0.379 e. The Kier molecular flexibility index (Phi) is 3.06. The fourth-order valence-electron chi connectivity index (χ4n) is 3.33. The lowest BCUT2D eigenvalue weighted by molar-refractivity contribution is -0.127. The molecule has 0 N–H and O–H groups in total. The molecule has 3 unspecified atom stereocenters. The Labute approximate surface area is 97.5 Å². The molecule has 0 radical (unpaired) electrons. The number of amides is 1. The van der Waals surface area contributed by atoms with Crippen LogP contribution in [0.1, 0.15) is 26.7 Å². The number of carbonyl (C=O) groups excluding carboxylic acids is 1. The summed E-state index contributed by atoms with van der Waals surface area (Å²) in [4.78, 5) is 13.8. The van der Waals surface area contributed by atoms with Crippen molar-refractivity contribution in [1.82, 2.24) is 4.90 Å². The monoisotopic (exact) mass is 223 g/mol. The zero-order chi connectivity index (χ0) is 11.8. The van der Waals surface area contributed by atoms with Crippen molar-refractivity contribution >= 4 is 5.91 Å². The Bertz CT molecular complexity index is 302. The number of hydrogen-bond donors (Lipinski definition) is 0. The third-order valence-corrected chi connectivity index (χ3v) is 4.16. The molecule has 2 aliphatic rings. The van der Waals surface area contributed by atoms with Gasteiger partial charge in [-0.2, -0.15) is 0 Å². The quantitative estimate of drug-likeness (QED) is 0.683. The van der Waals surface area contributed by atoms with Crippen LogP contribution < -0.4 is 0 Å². The van der Waals surface area contributed by atoms with E-state index in [1.807, 2.05) is 4.90 Å². The van der Waals surface area contributed by atoms with E-state index in [0.717, 1.165) is 19.6 Å². The lowest BCUT2D eigenvalue weighted by Crippen LogP contribution is -2.37. The van der Waals surface area contributed by atoms with Crippen molar-refractivity contribution in [3.8, 4) is 0 Å². The maximum atomic E-state index is 11.8. The van der Waals surface area contributed by atoms with E-state index in [-0.39, 0.29) is 17.4 Å². The molecule has 3 heteroatoms. The average molecular weight is 223 g/mol. The predicted octanol–water partition coefficient (Wildman–Crippen LogP) is 1.84. The van der Waals surface area contributed by atoms with Gasteiger partial charge < -0.3 is 9.64 Å². The third-order valence-electron chi connectivity index (χ3n) is 4.16. The number of nitrogens with zero attached hydrogens (tertiary/aromatic N) is 1. The minimum absolute atomic E-state index is 0.0559. The maximum absolute atomic E-state index is 11.8. The van der Waals surface area contributed by atoms with Crippen LogP contribution in [0, 0.1) is 11.3 Å². The third kappa shape index (κ3) is 1.67. The van der Waals surface area contributed by atoms with Crippen LogP contribution >= 0.6 is 0 Å². The summed E-state index contributed by atoms with van der Waals surface area (Å²) in [6.07, 6.45) is 3.75. The summed E-state index contributed by atoms with van der Waals surface area (Å²) in [5.74, 6) is 0.566. The van der Waals surface area contributed by atoms with E-state index in [2.05, 4.69) is 20.4 Å². The Morgan fingerprint density at radius 2 is 2.38 bits per heavy atom. The molecule has 2 aliphatic heterocycles. The molecule has 16 heavy (non-hydrogen) atoms.